The first-order valence-electron chi connectivity index (χ1n) is 3.75. The van der Waals surface area contributed by atoms with Gasteiger partial charge in [0, 0.05) is 23.6 Å². The Morgan fingerprint density at radius 2 is 2.29 bits per heavy atom. The molecule has 1 aromatic rings. The van der Waals surface area contributed by atoms with Crippen LogP contribution in [0.4, 0.5) is 5.00 Å². The number of thiophene rings is 1. The highest BCUT2D eigenvalue weighted by Crippen LogP contribution is 2.28. The second kappa shape index (κ2) is 5.92. The van der Waals surface area contributed by atoms with E-state index in [2.05, 4.69) is 0 Å². The number of hydrogen-bond donors (Lipinski definition) is 2. The fourth-order valence-corrected chi connectivity index (χ4v) is 1.78. The molecule has 0 saturated heterocycles. The Kier molecular flexibility index (Phi) is 5.63. The van der Waals surface area contributed by atoms with Crippen LogP contribution in [-0.4, -0.2) is 16.6 Å². The molecule has 1 heterocycles. The highest BCUT2D eigenvalue weighted by molar-refractivity contribution is 7.15. The SMILES string of the molecule is Cl.N[C@H](CCO)c1ccc([N+](=O)[O-])s1. The van der Waals surface area contributed by atoms with Gasteiger partial charge in [-0.15, -0.1) is 12.4 Å². The van der Waals surface area contributed by atoms with Crippen molar-refractivity contribution in [3.05, 3.63) is 27.1 Å². The number of nitrogens with zero attached hydrogens (tertiary/aromatic N) is 1. The Morgan fingerprint density at radius 1 is 1.64 bits per heavy atom. The minimum Gasteiger partial charge on any atom is -0.396 e. The summed E-state index contributed by atoms with van der Waals surface area (Å²) in [5.41, 5.74) is 5.65. The number of aliphatic hydroxyl groups is 1. The molecule has 0 aliphatic carbocycles. The second-order valence-corrected chi connectivity index (χ2v) is 3.65. The molecule has 1 aromatic heterocycles. The first kappa shape index (κ1) is 13.3. The van der Waals surface area contributed by atoms with E-state index in [-0.39, 0.29) is 30.1 Å². The van der Waals surface area contributed by atoms with Gasteiger partial charge in [0.2, 0.25) is 0 Å². The molecule has 80 valence electrons. The molecule has 0 saturated carbocycles. The quantitative estimate of drug-likeness (QED) is 0.614. The van der Waals surface area contributed by atoms with Gasteiger partial charge in [0.1, 0.15) is 0 Å². The summed E-state index contributed by atoms with van der Waals surface area (Å²) in [7, 11) is 0. The van der Waals surface area contributed by atoms with Crippen molar-refractivity contribution in [3.63, 3.8) is 0 Å². The van der Waals surface area contributed by atoms with Crippen molar-refractivity contribution in [3.8, 4) is 0 Å². The van der Waals surface area contributed by atoms with Crippen LogP contribution in [0.2, 0.25) is 0 Å². The van der Waals surface area contributed by atoms with Crippen LogP contribution in [0.3, 0.4) is 0 Å². The van der Waals surface area contributed by atoms with Gasteiger partial charge in [-0.05, 0) is 12.5 Å². The van der Waals surface area contributed by atoms with E-state index in [4.69, 9.17) is 10.8 Å². The summed E-state index contributed by atoms with van der Waals surface area (Å²) in [6, 6.07) is 2.75. The molecule has 1 atom stereocenters. The van der Waals surface area contributed by atoms with Gasteiger partial charge < -0.3 is 10.8 Å². The zero-order valence-electron chi connectivity index (χ0n) is 7.25. The zero-order valence-corrected chi connectivity index (χ0v) is 8.88. The molecule has 0 aliphatic heterocycles. The third kappa shape index (κ3) is 3.22. The molecular formula is C7H11ClN2O3S. The lowest BCUT2D eigenvalue weighted by Gasteiger charge is -2.04. The summed E-state index contributed by atoms with van der Waals surface area (Å²) in [4.78, 5) is 10.6. The highest BCUT2D eigenvalue weighted by atomic mass is 35.5. The predicted molar refractivity (Wildman–Crippen MR) is 56.9 cm³/mol. The molecule has 0 bridgehead atoms. The number of aliphatic hydroxyl groups excluding tert-OH is 1. The molecule has 7 heteroatoms. The Bertz CT molecular complexity index is 305. The minimum atomic E-state index is -0.445. The third-order valence-corrected chi connectivity index (χ3v) is 2.77. The Balaban J connectivity index is 0.00000169. The van der Waals surface area contributed by atoms with E-state index in [1.165, 1.54) is 6.07 Å². The second-order valence-electron chi connectivity index (χ2n) is 2.55. The summed E-state index contributed by atoms with van der Waals surface area (Å²) >= 11 is 1.05. The standard InChI is InChI=1S/C7H10N2O3S.ClH/c8-5(3-4-10)6-1-2-7(13-6)9(11)12;/h1-2,5,10H,3-4,8H2;1H/t5-;/m1./s1. The van der Waals surface area contributed by atoms with E-state index in [1.807, 2.05) is 0 Å². The molecule has 0 fully saturated rings. The number of halogens is 1. The van der Waals surface area contributed by atoms with Gasteiger partial charge in [-0.25, -0.2) is 0 Å². The van der Waals surface area contributed by atoms with E-state index in [0.29, 0.717) is 6.42 Å². The van der Waals surface area contributed by atoms with Crippen molar-refractivity contribution in [2.75, 3.05) is 6.61 Å². The van der Waals surface area contributed by atoms with Crippen LogP contribution in [0.25, 0.3) is 0 Å². The lowest BCUT2D eigenvalue weighted by atomic mass is 10.2. The maximum Gasteiger partial charge on any atom is 0.324 e. The smallest absolute Gasteiger partial charge is 0.324 e. The fourth-order valence-electron chi connectivity index (χ4n) is 0.921. The maximum absolute atomic E-state index is 10.3. The Hall–Kier alpha value is -0.690. The summed E-state index contributed by atoms with van der Waals surface area (Å²) in [5.74, 6) is 0. The summed E-state index contributed by atoms with van der Waals surface area (Å²) in [5, 5.41) is 19.0. The topological polar surface area (TPSA) is 89.4 Å². The normalized spacial score (nSPS) is 11.9. The average molecular weight is 239 g/mol. The van der Waals surface area contributed by atoms with Gasteiger partial charge in [-0.3, -0.25) is 10.1 Å². The molecule has 3 N–H and O–H groups in total. The number of hydrogen-bond acceptors (Lipinski definition) is 5. The molecule has 1 rings (SSSR count). The molecule has 0 aliphatic rings. The Labute approximate surface area is 91.1 Å². The van der Waals surface area contributed by atoms with Crippen LogP contribution in [0.5, 0.6) is 0 Å². The van der Waals surface area contributed by atoms with Crippen LogP contribution in [-0.2, 0) is 0 Å². The average Bonchev–Trinajstić information content (AvgIpc) is 2.52. The van der Waals surface area contributed by atoms with Gasteiger partial charge in [0.15, 0.2) is 0 Å². The molecule has 5 nitrogen and oxygen atoms in total. The Morgan fingerprint density at radius 3 is 2.71 bits per heavy atom. The molecule has 14 heavy (non-hydrogen) atoms. The summed E-state index contributed by atoms with van der Waals surface area (Å²) in [6.07, 6.45) is 0.428. The van der Waals surface area contributed by atoms with E-state index >= 15 is 0 Å². The van der Waals surface area contributed by atoms with E-state index in [1.54, 1.807) is 6.07 Å². The van der Waals surface area contributed by atoms with Gasteiger partial charge in [0.25, 0.3) is 0 Å². The van der Waals surface area contributed by atoms with Crippen LogP contribution in [0.15, 0.2) is 12.1 Å². The number of nitro groups is 1. The van der Waals surface area contributed by atoms with Crippen molar-refractivity contribution < 1.29 is 10.0 Å². The molecular weight excluding hydrogens is 228 g/mol. The molecule has 0 unspecified atom stereocenters. The third-order valence-electron chi connectivity index (χ3n) is 1.60. The van der Waals surface area contributed by atoms with Crippen LogP contribution < -0.4 is 5.73 Å². The van der Waals surface area contributed by atoms with Gasteiger partial charge in [-0.2, -0.15) is 0 Å². The van der Waals surface area contributed by atoms with Crippen LogP contribution in [0, 0.1) is 10.1 Å². The molecule has 0 radical (unpaired) electrons. The van der Waals surface area contributed by atoms with Gasteiger partial charge in [0.05, 0.1) is 4.92 Å². The lowest BCUT2D eigenvalue weighted by molar-refractivity contribution is -0.380. The van der Waals surface area contributed by atoms with Crippen molar-refractivity contribution in [1.29, 1.82) is 0 Å². The summed E-state index contributed by atoms with van der Waals surface area (Å²) in [6.45, 7) is -0.00708. The van der Waals surface area contributed by atoms with Crippen molar-refractivity contribution in [2.24, 2.45) is 5.73 Å². The monoisotopic (exact) mass is 238 g/mol. The fraction of sp³-hybridized carbons (Fsp3) is 0.429. The minimum absolute atomic E-state index is 0. The highest BCUT2D eigenvalue weighted by Gasteiger charge is 2.13. The van der Waals surface area contributed by atoms with Crippen molar-refractivity contribution in [2.45, 2.75) is 12.5 Å². The van der Waals surface area contributed by atoms with Crippen molar-refractivity contribution >= 4 is 28.7 Å². The van der Waals surface area contributed by atoms with Gasteiger partial charge in [-0.1, -0.05) is 11.3 Å². The first-order valence-corrected chi connectivity index (χ1v) is 4.57. The molecule has 0 spiro atoms. The van der Waals surface area contributed by atoms with E-state index in [9.17, 15) is 10.1 Å². The molecule has 0 aromatic carbocycles. The number of nitrogens with two attached hydrogens (primary N) is 1. The lowest BCUT2D eigenvalue weighted by Crippen LogP contribution is -2.09. The van der Waals surface area contributed by atoms with Crippen LogP contribution in [0.1, 0.15) is 17.3 Å². The predicted octanol–water partition coefficient (Wildman–Crippen LogP) is 1.46. The molecule has 0 amide bonds. The largest absolute Gasteiger partial charge is 0.396 e. The summed E-state index contributed by atoms with van der Waals surface area (Å²) < 4.78 is 0. The number of rotatable bonds is 4. The van der Waals surface area contributed by atoms with Crippen LogP contribution >= 0.6 is 23.7 Å². The maximum atomic E-state index is 10.3. The zero-order chi connectivity index (χ0) is 9.84. The van der Waals surface area contributed by atoms with Crippen molar-refractivity contribution in [1.82, 2.24) is 0 Å². The first-order chi connectivity index (χ1) is 6.15. The van der Waals surface area contributed by atoms with E-state index < -0.39 is 4.92 Å². The van der Waals surface area contributed by atoms with Gasteiger partial charge >= 0.3 is 5.00 Å². The van der Waals surface area contributed by atoms with E-state index in [0.717, 1.165) is 16.2 Å².